The topological polar surface area (TPSA) is 59.8 Å². The van der Waals surface area contributed by atoms with Crippen LogP contribution in [0.1, 0.15) is 47.2 Å². The first-order valence-corrected chi connectivity index (χ1v) is 8.42. The molecule has 0 spiro atoms. The van der Waals surface area contributed by atoms with Gasteiger partial charge < -0.3 is 0 Å². The minimum Gasteiger partial charge on any atom is -0.296 e. The van der Waals surface area contributed by atoms with E-state index in [2.05, 4.69) is 28.4 Å². The third-order valence-corrected chi connectivity index (χ3v) is 4.81. The monoisotopic (exact) mass is 328 g/mol. The molecule has 6 heteroatoms. The minimum absolute atomic E-state index is 0.221. The SMILES string of the molecule is Cc1cc(C)c2sc(NC(=O)c3cc(C)n(C(C)C)n3)nc2c1. The molecule has 5 nitrogen and oxygen atoms in total. The Morgan fingerprint density at radius 1 is 1.22 bits per heavy atom. The fourth-order valence-corrected chi connectivity index (χ4v) is 3.62. The molecule has 0 radical (unpaired) electrons. The lowest BCUT2D eigenvalue weighted by Gasteiger charge is -2.06. The van der Waals surface area contributed by atoms with Crippen LogP contribution in [0.15, 0.2) is 18.2 Å². The number of benzene rings is 1. The zero-order valence-corrected chi connectivity index (χ0v) is 14.8. The molecule has 0 aliphatic heterocycles. The van der Waals surface area contributed by atoms with Gasteiger partial charge >= 0.3 is 0 Å². The summed E-state index contributed by atoms with van der Waals surface area (Å²) < 4.78 is 2.95. The van der Waals surface area contributed by atoms with Crippen molar-refractivity contribution in [2.45, 2.75) is 40.7 Å². The number of anilines is 1. The molecule has 0 unspecified atom stereocenters. The van der Waals surface area contributed by atoms with Crippen LogP contribution in [-0.2, 0) is 0 Å². The highest BCUT2D eigenvalue weighted by atomic mass is 32.1. The summed E-state index contributed by atoms with van der Waals surface area (Å²) in [5.41, 5.74) is 4.67. The van der Waals surface area contributed by atoms with Crippen molar-refractivity contribution in [3.8, 4) is 0 Å². The summed E-state index contributed by atoms with van der Waals surface area (Å²) in [6.07, 6.45) is 0. The number of hydrogen-bond acceptors (Lipinski definition) is 4. The van der Waals surface area contributed by atoms with Crippen LogP contribution in [-0.4, -0.2) is 20.7 Å². The first-order chi connectivity index (χ1) is 10.8. The maximum Gasteiger partial charge on any atom is 0.277 e. The number of aryl methyl sites for hydroxylation is 3. The quantitative estimate of drug-likeness (QED) is 0.782. The molecule has 3 rings (SSSR count). The molecule has 0 fully saturated rings. The Kier molecular flexibility index (Phi) is 3.93. The Morgan fingerprint density at radius 2 is 1.96 bits per heavy atom. The highest BCUT2D eigenvalue weighted by molar-refractivity contribution is 7.22. The predicted molar refractivity (Wildman–Crippen MR) is 94.4 cm³/mol. The second-order valence-electron chi connectivity index (χ2n) is 6.11. The van der Waals surface area contributed by atoms with Crippen molar-refractivity contribution in [1.29, 1.82) is 0 Å². The van der Waals surface area contributed by atoms with E-state index in [9.17, 15) is 4.79 Å². The zero-order chi connectivity index (χ0) is 16.7. The maximum atomic E-state index is 12.4. The van der Waals surface area contributed by atoms with Gasteiger partial charge in [0.25, 0.3) is 5.91 Å². The summed E-state index contributed by atoms with van der Waals surface area (Å²) in [5.74, 6) is -0.221. The molecule has 3 aromatic rings. The van der Waals surface area contributed by atoms with E-state index in [1.807, 2.05) is 38.4 Å². The van der Waals surface area contributed by atoms with E-state index in [0.29, 0.717) is 10.8 Å². The summed E-state index contributed by atoms with van der Waals surface area (Å²) >= 11 is 1.50. The molecule has 0 saturated heterocycles. The second kappa shape index (κ2) is 5.77. The van der Waals surface area contributed by atoms with Gasteiger partial charge in [-0.3, -0.25) is 14.8 Å². The van der Waals surface area contributed by atoms with Gasteiger partial charge in [-0.15, -0.1) is 0 Å². The van der Waals surface area contributed by atoms with Crippen LogP contribution in [0.25, 0.3) is 10.2 Å². The van der Waals surface area contributed by atoms with E-state index >= 15 is 0 Å². The molecular weight excluding hydrogens is 308 g/mol. The number of carbonyl (C=O) groups excluding carboxylic acids is 1. The molecule has 0 atom stereocenters. The number of rotatable bonds is 3. The minimum atomic E-state index is -0.221. The summed E-state index contributed by atoms with van der Waals surface area (Å²) in [5, 5.41) is 7.85. The van der Waals surface area contributed by atoms with Crippen molar-refractivity contribution >= 4 is 32.6 Å². The van der Waals surface area contributed by atoms with Crippen LogP contribution in [0.4, 0.5) is 5.13 Å². The van der Waals surface area contributed by atoms with Crippen molar-refractivity contribution in [3.05, 3.63) is 40.7 Å². The molecule has 120 valence electrons. The number of hydrogen-bond donors (Lipinski definition) is 1. The molecule has 0 aliphatic carbocycles. The number of thiazole rings is 1. The van der Waals surface area contributed by atoms with Crippen molar-refractivity contribution in [1.82, 2.24) is 14.8 Å². The lowest BCUT2D eigenvalue weighted by atomic mass is 10.1. The molecule has 1 amide bonds. The maximum absolute atomic E-state index is 12.4. The fourth-order valence-electron chi connectivity index (χ4n) is 2.71. The molecule has 1 aromatic carbocycles. The van der Waals surface area contributed by atoms with Crippen molar-refractivity contribution < 1.29 is 4.79 Å². The third kappa shape index (κ3) is 2.99. The van der Waals surface area contributed by atoms with Gasteiger partial charge in [0, 0.05) is 11.7 Å². The summed E-state index contributed by atoms with van der Waals surface area (Å²) in [6.45, 7) is 10.1. The van der Waals surface area contributed by atoms with E-state index in [-0.39, 0.29) is 11.9 Å². The van der Waals surface area contributed by atoms with Gasteiger partial charge in [-0.25, -0.2) is 4.98 Å². The Hall–Kier alpha value is -2.21. The smallest absolute Gasteiger partial charge is 0.277 e. The second-order valence-corrected chi connectivity index (χ2v) is 7.11. The molecule has 0 saturated carbocycles. The molecular formula is C17H20N4OS. The van der Waals surface area contributed by atoms with Gasteiger partial charge in [-0.1, -0.05) is 17.4 Å². The Bertz CT molecular complexity index is 892. The molecule has 2 aromatic heterocycles. The van der Waals surface area contributed by atoms with E-state index in [1.54, 1.807) is 6.07 Å². The van der Waals surface area contributed by atoms with Crippen molar-refractivity contribution in [2.24, 2.45) is 0 Å². The lowest BCUT2D eigenvalue weighted by Crippen LogP contribution is -2.13. The molecule has 23 heavy (non-hydrogen) atoms. The number of aromatic nitrogens is 3. The van der Waals surface area contributed by atoms with Gasteiger partial charge in [0.1, 0.15) is 0 Å². The van der Waals surface area contributed by atoms with E-state index in [4.69, 9.17) is 0 Å². The molecule has 2 heterocycles. The Balaban J connectivity index is 1.88. The van der Waals surface area contributed by atoms with E-state index in [1.165, 1.54) is 22.5 Å². The normalized spacial score (nSPS) is 11.4. The summed E-state index contributed by atoms with van der Waals surface area (Å²) in [4.78, 5) is 16.9. The van der Waals surface area contributed by atoms with Crippen molar-refractivity contribution in [2.75, 3.05) is 5.32 Å². The largest absolute Gasteiger partial charge is 0.296 e. The van der Waals surface area contributed by atoms with Gasteiger partial charge in [0.05, 0.1) is 10.2 Å². The average Bonchev–Trinajstić information content (AvgIpc) is 3.02. The standard InChI is InChI=1S/C17H20N4OS/c1-9(2)21-12(5)8-14(20-21)16(22)19-17-18-13-7-10(3)6-11(4)15(13)23-17/h6-9H,1-5H3,(H,18,19,22). The van der Waals surface area contributed by atoms with Crippen LogP contribution >= 0.6 is 11.3 Å². The van der Waals surface area contributed by atoms with Gasteiger partial charge in [0.2, 0.25) is 0 Å². The van der Waals surface area contributed by atoms with Gasteiger partial charge in [-0.05, 0) is 57.9 Å². The Labute approximate surface area is 139 Å². The number of carbonyl (C=O) groups is 1. The highest BCUT2D eigenvalue weighted by Crippen LogP contribution is 2.30. The number of amides is 1. The van der Waals surface area contributed by atoms with Crippen LogP contribution in [0.5, 0.6) is 0 Å². The first kappa shape index (κ1) is 15.7. The summed E-state index contributed by atoms with van der Waals surface area (Å²) in [6, 6.07) is 6.19. The van der Waals surface area contributed by atoms with Crippen LogP contribution in [0, 0.1) is 20.8 Å². The number of nitrogens with one attached hydrogen (secondary N) is 1. The van der Waals surface area contributed by atoms with E-state index < -0.39 is 0 Å². The number of fused-ring (bicyclic) bond motifs is 1. The van der Waals surface area contributed by atoms with E-state index in [0.717, 1.165) is 15.9 Å². The summed E-state index contributed by atoms with van der Waals surface area (Å²) in [7, 11) is 0. The molecule has 0 bridgehead atoms. The molecule has 0 aliphatic rings. The Morgan fingerprint density at radius 3 is 2.61 bits per heavy atom. The fraction of sp³-hybridized carbons (Fsp3) is 0.353. The predicted octanol–water partition coefficient (Wildman–Crippen LogP) is 4.25. The third-order valence-electron chi connectivity index (χ3n) is 3.68. The average molecular weight is 328 g/mol. The molecule has 1 N–H and O–H groups in total. The van der Waals surface area contributed by atoms with Crippen LogP contribution in [0.2, 0.25) is 0 Å². The number of nitrogens with zero attached hydrogens (tertiary/aromatic N) is 3. The van der Waals surface area contributed by atoms with Crippen LogP contribution < -0.4 is 5.32 Å². The van der Waals surface area contributed by atoms with Gasteiger partial charge in [-0.2, -0.15) is 5.10 Å². The first-order valence-electron chi connectivity index (χ1n) is 7.60. The zero-order valence-electron chi connectivity index (χ0n) is 14.0. The van der Waals surface area contributed by atoms with Crippen molar-refractivity contribution in [3.63, 3.8) is 0 Å². The van der Waals surface area contributed by atoms with Gasteiger partial charge in [0.15, 0.2) is 10.8 Å². The van der Waals surface area contributed by atoms with Crippen LogP contribution in [0.3, 0.4) is 0 Å². The highest BCUT2D eigenvalue weighted by Gasteiger charge is 2.16. The lowest BCUT2D eigenvalue weighted by molar-refractivity contribution is 0.102.